The van der Waals surface area contributed by atoms with E-state index in [1.54, 1.807) is 0 Å². The molecule has 0 fully saturated rings. The summed E-state index contributed by atoms with van der Waals surface area (Å²) in [5.74, 6) is 1.87. The van der Waals surface area contributed by atoms with E-state index >= 15 is 0 Å². The predicted molar refractivity (Wildman–Crippen MR) is 64.5 cm³/mol. The van der Waals surface area contributed by atoms with E-state index in [4.69, 9.17) is 5.73 Å². The number of nitrogen functional groups attached to an aromatic ring is 1. The van der Waals surface area contributed by atoms with E-state index in [2.05, 4.69) is 23.9 Å². The topological polar surface area (TPSA) is 56.7 Å². The van der Waals surface area contributed by atoms with Gasteiger partial charge in [-0.25, -0.2) is 9.67 Å². The van der Waals surface area contributed by atoms with Crippen LogP contribution in [0.2, 0.25) is 0 Å². The van der Waals surface area contributed by atoms with Gasteiger partial charge in [-0.1, -0.05) is 13.8 Å². The molecule has 0 spiro atoms. The van der Waals surface area contributed by atoms with Gasteiger partial charge >= 0.3 is 0 Å². The molecule has 4 nitrogen and oxygen atoms in total. The fourth-order valence-corrected chi connectivity index (χ4v) is 1.59. The summed E-state index contributed by atoms with van der Waals surface area (Å²) in [5, 5.41) is 4.46. The molecule has 0 aliphatic rings. The molecule has 0 aliphatic heterocycles. The Morgan fingerprint density at radius 1 is 1.12 bits per heavy atom. The third kappa shape index (κ3) is 1.91. The molecule has 2 aromatic rings. The summed E-state index contributed by atoms with van der Waals surface area (Å²) < 4.78 is 1.89. The van der Waals surface area contributed by atoms with Crippen LogP contribution in [0.3, 0.4) is 0 Å². The molecule has 0 saturated carbocycles. The molecule has 0 amide bonds. The van der Waals surface area contributed by atoms with Gasteiger partial charge in [-0.3, -0.25) is 0 Å². The monoisotopic (exact) mass is 216 g/mol. The van der Waals surface area contributed by atoms with Crippen LogP contribution >= 0.6 is 0 Å². The fourth-order valence-electron chi connectivity index (χ4n) is 1.59. The predicted octanol–water partition coefficient (Wildman–Crippen LogP) is 1.97. The van der Waals surface area contributed by atoms with Crippen LogP contribution in [0.1, 0.15) is 25.5 Å². The van der Waals surface area contributed by atoms with Crippen molar-refractivity contribution in [2.24, 2.45) is 0 Å². The molecular formula is C12H16N4. The SMILES string of the molecule is CCc1nc(CC)n(-c2ccc(N)cc2)n1. The third-order valence-corrected chi connectivity index (χ3v) is 2.49. The van der Waals surface area contributed by atoms with Crippen LogP contribution in [0.25, 0.3) is 5.69 Å². The molecule has 0 atom stereocenters. The zero-order chi connectivity index (χ0) is 11.5. The van der Waals surface area contributed by atoms with Crippen LogP contribution < -0.4 is 5.73 Å². The summed E-state index contributed by atoms with van der Waals surface area (Å²) in [7, 11) is 0. The first kappa shape index (κ1) is 10.7. The maximum atomic E-state index is 5.66. The van der Waals surface area contributed by atoms with Crippen molar-refractivity contribution in [3.05, 3.63) is 35.9 Å². The van der Waals surface area contributed by atoms with Gasteiger partial charge in [0.05, 0.1) is 5.69 Å². The van der Waals surface area contributed by atoms with Crippen molar-refractivity contribution in [3.63, 3.8) is 0 Å². The standard InChI is InChI=1S/C12H16N4/c1-3-11-14-12(4-2)16(15-11)10-7-5-9(13)6-8-10/h5-8H,3-4,13H2,1-2H3. The summed E-state index contributed by atoms with van der Waals surface area (Å²) in [5.41, 5.74) is 7.44. The highest BCUT2D eigenvalue weighted by molar-refractivity contribution is 5.44. The minimum atomic E-state index is 0.762. The second kappa shape index (κ2) is 4.35. The second-order valence-electron chi connectivity index (χ2n) is 3.65. The molecule has 0 aliphatic carbocycles. The van der Waals surface area contributed by atoms with Gasteiger partial charge in [-0.05, 0) is 24.3 Å². The Bertz CT molecular complexity index is 470. The highest BCUT2D eigenvalue weighted by Crippen LogP contribution is 2.13. The van der Waals surface area contributed by atoms with Gasteiger partial charge in [0.25, 0.3) is 0 Å². The first-order chi connectivity index (χ1) is 7.74. The van der Waals surface area contributed by atoms with Crippen molar-refractivity contribution >= 4 is 5.69 Å². The van der Waals surface area contributed by atoms with Crippen molar-refractivity contribution in [1.82, 2.24) is 14.8 Å². The average Bonchev–Trinajstić information content (AvgIpc) is 2.73. The molecule has 1 aromatic carbocycles. The lowest BCUT2D eigenvalue weighted by Gasteiger charge is -2.04. The van der Waals surface area contributed by atoms with E-state index in [0.717, 1.165) is 35.9 Å². The molecule has 16 heavy (non-hydrogen) atoms. The lowest BCUT2D eigenvalue weighted by molar-refractivity contribution is 0.791. The molecule has 1 aromatic heterocycles. The van der Waals surface area contributed by atoms with E-state index < -0.39 is 0 Å². The quantitative estimate of drug-likeness (QED) is 0.798. The van der Waals surface area contributed by atoms with Crippen LogP contribution in [-0.4, -0.2) is 14.8 Å². The number of rotatable bonds is 3. The zero-order valence-electron chi connectivity index (χ0n) is 9.64. The number of benzene rings is 1. The Labute approximate surface area is 95.1 Å². The Morgan fingerprint density at radius 2 is 1.81 bits per heavy atom. The van der Waals surface area contributed by atoms with E-state index in [1.165, 1.54) is 0 Å². The summed E-state index contributed by atoms with van der Waals surface area (Å²) in [6.45, 7) is 4.14. The smallest absolute Gasteiger partial charge is 0.151 e. The van der Waals surface area contributed by atoms with Gasteiger partial charge in [-0.2, -0.15) is 5.10 Å². The summed E-state index contributed by atoms with van der Waals surface area (Å²) in [6.07, 6.45) is 1.73. The number of nitrogens with zero attached hydrogens (tertiary/aromatic N) is 3. The van der Waals surface area contributed by atoms with Gasteiger partial charge in [-0.15, -0.1) is 0 Å². The molecule has 84 valence electrons. The largest absolute Gasteiger partial charge is 0.399 e. The number of aromatic nitrogens is 3. The molecule has 2 N–H and O–H groups in total. The number of aryl methyl sites for hydroxylation is 2. The maximum Gasteiger partial charge on any atom is 0.151 e. The molecular weight excluding hydrogens is 200 g/mol. The highest BCUT2D eigenvalue weighted by Gasteiger charge is 2.08. The van der Waals surface area contributed by atoms with Gasteiger partial charge in [0.2, 0.25) is 0 Å². The van der Waals surface area contributed by atoms with Crippen molar-refractivity contribution in [2.75, 3.05) is 5.73 Å². The van der Waals surface area contributed by atoms with E-state index in [0.29, 0.717) is 0 Å². The Morgan fingerprint density at radius 3 is 2.38 bits per heavy atom. The summed E-state index contributed by atoms with van der Waals surface area (Å²) in [4.78, 5) is 4.47. The van der Waals surface area contributed by atoms with Crippen LogP contribution in [-0.2, 0) is 12.8 Å². The zero-order valence-corrected chi connectivity index (χ0v) is 9.64. The Hall–Kier alpha value is -1.84. The maximum absolute atomic E-state index is 5.66. The molecule has 2 rings (SSSR count). The van der Waals surface area contributed by atoms with Crippen LogP contribution in [0.15, 0.2) is 24.3 Å². The van der Waals surface area contributed by atoms with Gasteiger partial charge in [0.1, 0.15) is 5.82 Å². The number of nitrogens with two attached hydrogens (primary N) is 1. The average molecular weight is 216 g/mol. The molecule has 0 radical (unpaired) electrons. The molecule has 1 heterocycles. The molecule has 0 saturated heterocycles. The number of anilines is 1. The number of hydrogen-bond donors (Lipinski definition) is 1. The van der Waals surface area contributed by atoms with Crippen LogP contribution in [0.5, 0.6) is 0 Å². The Balaban J connectivity index is 2.45. The molecule has 0 bridgehead atoms. The lowest BCUT2D eigenvalue weighted by Crippen LogP contribution is -2.02. The van der Waals surface area contributed by atoms with Crippen molar-refractivity contribution in [3.8, 4) is 5.69 Å². The van der Waals surface area contributed by atoms with Crippen molar-refractivity contribution < 1.29 is 0 Å². The highest BCUT2D eigenvalue weighted by atomic mass is 15.3. The number of hydrogen-bond acceptors (Lipinski definition) is 3. The third-order valence-electron chi connectivity index (χ3n) is 2.49. The summed E-state index contributed by atoms with van der Waals surface area (Å²) in [6, 6.07) is 7.68. The van der Waals surface area contributed by atoms with E-state index in [1.807, 2.05) is 28.9 Å². The minimum Gasteiger partial charge on any atom is -0.399 e. The molecule has 4 heteroatoms. The van der Waals surface area contributed by atoms with Crippen molar-refractivity contribution in [2.45, 2.75) is 26.7 Å². The van der Waals surface area contributed by atoms with E-state index in [9.17, 15) is 0 Å². The Kier molecular flexibility index (Phi) is 2.90. The minimum absolute atomic E-state index is 0.762. The van der Waals surface area contributed by atoms with Gasteiger partial charge < -0.3 is 5.73 Å². The fraction of sp³-hybridized carbons (Fsp3) is 0.333. The van der Waals surface area contributed by atoms with Gasteiger partial charge in [0.15, 0.2) is 5.82 Å². The van der Waals surface area contributed by atoms with Gasteiger partial charge in [0, 0.05) is 18.5 Å². The van der Waals surface area contributed by atoms with E-state index in [-0.39, 0.29) is 0 Å². The first-order valence-electron chi connectivity index (χ1n) is 5.55. The first-order valence-corrected chi connectivity index (χ1v) is 5.55. The normalized spacial score (nSPS) is 10.6. The molecule has 0 unspecified atom stereocenters. The van der Waals surface area contributed by atoms with Crippen LogP contribution in [0.4, 0.5) is 5.69 Å². The van der Waals surface area contributed by atoms with Crippen molar-refractivity contribution in [1.29, 1.82) is 0 Å². The lowest BCUT2D eigenvalue weighted by atomic mass is 10.3. The van der Waals surface area contributed by atoms with Crippen LogP contribution in [0, 0.1) is 0 Å². The second-order valence-corrected chi connectivity index (χ2v) is 3.65. The summed E-state index contributed by atoms with van der Waals surface area (Å²) >= 11 is 0.